The Balaban J connectivity index is 1.75. The molecule has 10 heteroatoms. The Bertz CT molecular complexity index is 1650. The molecule has 2 heterocycles. The van der Waals surface area contributed by atoms with Gasteiger partial charge < -0.3 is 5.32 Å². The molecule has 0 saturated heterocycles. The van der Waals surface area contributed by atoms with E-state index in [0.29, 0.717) is 27.4 Å². The molecule has 0 aliphatic carbocycles. The molecule has 0 aliphatic rings. The number of anilines is 2. The Morgan fingerprint density at radius 2 is 1.73 bits per heavy atom. The van der Waals surface area contributed by atoms with E-state index in [1.807, 2.05) is 13.8 Å². The number of halogens is 2. The van der Waals surface area contributed by atoms with Gasteiger partial charge in [0.1, 0.15) is 11.6 Å². The van der Waals surface area contributed by atoms with Gasteiger partial charge in [-0.1, -0.05) is 22.9 Å². The lowest BCUT2D eigenvalue weighted by Crippen LogP contribution is -2.06. The van der Waals surface area contributed by atoms with E-state index in [4.69, 9.17) is 11.6 Å². The quantitative estimate of drug-likeness (QED) is 0.376. The summed E-state index contributed by atoms with van der Waals surface area (Å²) in [7, 11) is -3.99. The largest absolute Gasteiger partial charge is 0.340 e. The summed E-state index contributed by atoms with van der Waals surface area (Å²) in [6.07, 6.45) is 0. The molecule has 33 heavy (non-hydrogen) atoms. The van der Waals surface area contributed by atoms with Crippen LogP contribution in [-0.4, -0.2) is 28.2 Å². The van der Waals surface area contributed by atoms with E-state index in [9.17, 15) is 12.8 Å². The van der Waals surface area contributed by atoms with Crippen LogP contribution in [0, 0.1) is 19.7 Å². The van der Waals surface area contributed by atoms with E-state index in [1.54, 1.807) is 48.5 Å². The number of fused-ring (bicyclic) bond motifs is 3. The molecular formula is C23H17ClFN5O2S. The van der Waals surface area contributed by atoms with E-state index in [2.05, 4.69) is 20.6 Å². The van der Waals surface area contributed by atoms with E-state index in [0.717, 1.165) is 11.1 Å². The number of nitrogens with one attached hydrogen (secondary N) is 1. The molecule has 0 radical (unpaired) electrons. The predicted octanol–water partition coefficient (Wildman–Crippen LogP) is 5.26. The van der Waals surface area contributed by atoms with E-state index < -0.39 is 9.84 Å². The zero-order valence-corrected chi connectivity index (χ0v) is 19.1. The van der Waals surface area contributed by atoms with Gasteiger partial charge in [0.15, 0.2) is 5.65 Å². The first-order valence-electron chi connectivity index (χ1n) is 9.94. The standard InChI is InChI=1S/C23H17ClFN5O2S/c1-13-3-9-18(11-14(13)2)33(31,32)23-22-27-21(26-17-7-5-16(25)6-8-17)19-12-15(24)4-10-20(19)30(22)29-28-23/h3-12H,1-2H3,(H,26,27). The lowest BCUT2D eigenvalue weighted by atomic mass is 10.1. The molecule has 166 valence electrons. The van der Waals surface area contributed by atoms with Crippen molar-refractivity contribution in [2.24, 2.45) is 0 Å². The molecule has 0 bridgehead atoms. The molecule has 0 aliphatic heterocycles. The lowest BCUT2D eigenvalue weighted by molar-refractivity contribution is 0.592. The van der Waals surface area contributed by atoms with Crippen LogP contribution in [0.25, 0.3) is 16.6 Å². The topological polar surface area (TPSA) is 89.2 Å². The van der Waals surface area contributed by atoms with Crippen LogP contribution in [0.15, 0.2) is 70.6 Å². The summed E-state index contributed by atoms with van der Waals surface area (Å²) in [6.45, 7) is 3.75. The van der Waals surface area contributed by atoms with Gasteiger partial charge in [0.25, 0.3) is 0 Å². The van der Waals surface area contributed by atoms with Crippen LogP contribution in [0.5, 0.6) is 0 Å². The summed E-state index contributed by atoms with van der Waals surface area (Å²) in [5.74, 6) is -0.0379. The first-order chi connectivity index (χ1) is 15.7. The highest BCUT2D eigenvalue weighted by molar-refractivity contribution is 7.91. The Kier molecular flexibility index (Phi) is 5.02. The van der Waals surface area contributed by atoms with Crippen LogP contribution in [0.3, 0.4) is 0 Å². The monoisotopic (exact) mass is 481 g/mol. The number of hydrogen-bond acceptors (Lipinski definition) is 6. The third-order valence-electron chi connectivity index (χ3n) is 5.43. The second kappa shape index (κ2) is 7.79. The number of benzene rings is 3. The molecule has 5 rings (SSSR count). The zero-order valence-electron chi connectivity index (χ0n) is 17.5. The summed E-state index contributed by atoms with van der Waals surface area (Å²) >= 11 is 6.20. The smallest absolute Gasteiger partial charge is 0.229 e. The van der Waals surface area contributed by atoms with Crippen LogP contribution in [0.2, 0.25) is 5.02 Å². The molecule has 0 unspecified atom stereocenters. The first-order valence-corrected chi connectivity index (χ1v) is 11.8. The minimum absolute atomic E-state index is 0.0627. The van der Waals surface area contributed by atoms with Crippen molar-refractivity contribution in [1.29, 1.82) is 0 Å². The van der Waals surface area contributed by atoms with Crippen molar-refractivity contribution in [3.8, 4) is 0 Å². The van der Waals surface area contributed by atoms with Gasteiger partial charge in [-0.15, -0.1) is 5.10 Å². The molecular weight excluding hydrogens is 465 g/mol. The third kappa shape index (κ3) is 3.69. The maximum Gasteiger partial charge on any atom is 0.229 e. The molecule has 0 spiro atoms. The van der Waals surface area contributed by atoms with Crippen molar-refractivity contribution in [2.75, 3.05) is 5.32 Å². The van der Waals surface area contributed by atoms with Gasteiger partial charge >= 0.3 is 0 Å². The highest BCUT2D eigenvalue weighted by atomic mass is 35.5. The van der Waals surface area contributed by atoms with Crippen LogP contribution in [0.4, 0.5) is 15.9 Å². The van der Waals surface area contributed by atoms with Crippen LogP contribution in [0.1, 0.15) is 11.1 Å². The molecule has 0 saturated carbocycles. The number of rotatable bonds is 4. The van der Waals surface area contributed by atoms with Gasteiger partial charge in [-0.05, 0) is 79.6 Å². The van der Waals surface area contributed by atoms with Crippen molar-refractivity contribution in [3.63, 3.8) is 0 Å². The second-order valence-electron chi connectivity index (χ2n) is 7.63. The number of aryl methyl sites for hydroxylation is 2. The van der Waals surface area contributed by atoms with Crippen molar-refractivity contribution in [3.05, 3.63) is 82.6 Å². The van der Waals surface area contributed by atoms with E-state index in [1.165, 1.54) is 16.6 Å². The summed E-state index contributed by atoms with van der Waals surface area (Å²) in [6, 6.07) is 15.7. The molecule has 3 aromatic carbocycles. The molecule has 2 aromatic heterocycles. The third-order valence-corrected chi connectivity index (χ3v) is 7.31. The minimum Gasteiger partial charge on any atom is -0.340 e. The fraction of sp³-hybridized carbons (Fsp3) is 0.0870. The fourth-order valence-electron chi connectivity index (χ4n) is 3.50. The van der Waals surface area contributed by atoms with Crippen molar-refractivity contribution in [1.82, 2.24) is 19.8 Å². The highest BCUT2D eigenvalue weighted by Gasteiger charge is 2.27. The Morgan fingerprint density at radius 1 is 0.970 bits per heavy atom. The normalized spacial score (nSPS) is 11.9. The van der Waals surface area contributed by atoms with Crippen LogP contribution >= 0.6 is 11.6 Å². The van der Waals surface area contributed by atoms with Crippen LogP contribution < -0.4 is 5.32 Å². The maximum atomic E-state index is 13.4. The number of nitrogens with zero attached hydrogens (tertiary/aromatic N) is 4. The van der Waals surface area contributed by atoms with Gasteiger partial charge in [0.2, 0.25) is 14.9 Å². The molecule has 0 atom stereocenters. The molecule has 0 fully saturated rings. The van der Waals surface area contributed by atoms with Gasteiger partial charge in [-0.3, -0.25) is 0 Å². The van der Waals surface area contributed by atoms with Gasteiger partial charge in [0, 0.05) is 16.1 Å². The van der Waals surface area contributed by atoms with E-state index >= 15 is 0 Å². The summed E-state index contributed by atoms with van der Waals surface area (Å²) in [5, 5.41) is 12.0. The average molecular weight is 482 g/mol. The number of aromatic nitrogens is 4. The fourth-order valence-corrected chi connectivity index (χ4v) is 4.99. The molecule has 5 aromatic rings. The number of hydrogen-bond donors (Lipinski definition) is 1. The lowest BCUT2D eigenvalue weighted by Gasteiger charge is -2.11. The van der Waals surface area contributed by atoms with Gasteiger partial charge in [-0.2, -0.15) is 4.52 Å². The Morgan fingerprint density at radius 3 is 2.45 bits per heavy atom. The molecule has 0 amide bonds. The second-order valence-corrected chi connectivity index (χ2v) is 9.93. The van der Waals surface area contributed by atoms with Crippen molar-refractivity contribution < 1.29 is 12.8 Å². The molecule has 7 nitrogen and oxygen atoms in total. The summed E-state index contributed by atoms with van der Waals surface area (Å²) in [5.41, 5.74) is 3.02. The molecule has 1 N–H and O–H groups in total. The maximum absolute atomic E-state index is 13.4. The van der Waals surface area contributed by atoms with Crippen molar-refractivity contribution in [2.45, 2.75) is 23.8 Å². The van der Waals surface area contributed by atoms with Crippen LogP contribution in [-0.2, 0) is 9.84 Å². The van der Waals surface area contributed by atoms with Gasteiger partial charge in [-0.25, -0.2) is 17.8 Å². The van der Waals surface area contributed by atoms with Gasteiger partial charge in [0.05, 0.1) is 10.4 Å². The van der Waals surface area contributed by atoms with Crippen molar-refractivity contribution >= 4 is 49.5 Å². The van der Waals surface area contributed by atoms with E-state index in [-0.39, 0.29) is 21.4 Å². The minimum atomic E-state index is -3.99. The highest BCUT2D eigenvalue weighted by Crippen LogP contribution is 2.31. The first kappa shape index (κ1) is 21.3. The SMILES string of the molecule is Cc1ccc(S(=O)(=O)c2nnn3c2nc(Nc2ccc(F)cc2)c2cc(Cl)ccc23)cc1C. The average Bonchev–Trinajstić information content (AvgIpc) is 3.22. The predicted molar refractivity (Wildman–Crippen MR) is 124 cm³/mol. The Labute approximate surface area is 193 Å². The Hall–Kier alpha value is -3.56. The zero-order chi connectivity index (χ0) is 23.3. The summed E-state index contributed by atoms with van der Waals surface area (Å²) in [4.78, 5) is 4.66. The number of sulfone groups is 1. The summed E-state index contributed by atoms with van der Waals surface area (Å²) < 4.78 is 41.6.